The molecular weight excluding hydrogens is 338 g/mol. The van der Waals surface area contributed by atoms with Gasteiger partial charge in [0.05, 0.1) is 12.8 Å². The predicted molar refractivity (Wildman–Crippen MR) is 95.0 cm³/mol. The summed E-state index contributed by atoms with van der Waals surface area (Å²) in [6, 6.07) is 12.8. The molecule has 8 heteroatoms. The third-order valence-electron chi connectivity index (χ3n) is 3.57. The predicted octanol–water partition coefficient (Wildman–Crippen LogP) is 3.11. The fourth-order valence-electron chi connectivity index (χ4n) is 2.38. The first-order valence-corrected chi connectivity index (χ1v) is 8.33. The van der Waals surface area contributed by atoms with Crippen molar-refractivity contribution in [2.45, 2.75) is 0 Å². The Bertz CT molecular complexity index is 1040. The number of hydrogen-bond acceptors (Lipinski definition) is 6. The molecule has 124 valence electrons. The van der Waals surface area contributed by atoms with Crippen molar-refractivity contribution < 1.29 is 9.53 Å². The van der Waals surface area contributed by atoms with Crippen LogP contribution in [0, 0.1) is 0 Å². The van der Waals surface area contributed by atoms with Crippen LogP contribution in [0.1, 0.15) is 10.5 Å². The van der Waals surface area contributed by atoms with Gasteiger partial charge < -0.3 is 4.74 Å². The Labute approximate surface area is 146 Å². The molecule has 0 radical (unpaired) electrons. The summed E-state index contributed by atoms with van der Waals surface area (Å²) in [4.78, 5) is 21.2. The van der Waals surface area contributed by atoms with Crippen molar-refractivity contribution in [2.75, 3.05) is 12.4 Å². The first-order chi connectivity index (χ1) is 12.2. The van der Waals surface area contributed by atoms with Gasteiger partial charge in [0.1, 0.15) is 11.4 Å². The largest absolute Gasteiger partial charge is 0.497 e. The molecule has 1 amide bonds. The van der Waals surface area contributed by atoms with Crippen LogP contribution in [0.5, 0.6) is 5.75 Å². The van der Waals surface area contributed by atoms with Gasteiger partial charge >= 0.3 is 0 Å². The lowest BCUT2D eigenvalue weighted by Gasteiger charge is -2.03. The van der Waals surface area contributed by atoms with Gasteiger partial charge in [-0.15, -0.1) is 16.4 Å². The Balaban J connectivity index is 1.65. The zero-order chi connectivity index (χ0) is 17.2. The van der Waals surface area contributed by atoms with Crippen LogP contribution < -0.4 is 10.1 Å². The minimum atomic E-state index is -0.346. The van der Waals surface area contributed by atoms with Gasteiger partial charge in [-0.2, -0.15) is 4.98 Å². The van der Waals surface area contributed by atoms with E-state index in [1.165, 1.54) is 11.3 Å². The fourth-order valence-corrected chi connectivity index (χ4v) is 3.21. The van der Waals surface area contributed by atoms with E-state index in [1.807, 2.05) is 29.6 Å². The molecule has 0 fully saturated rings. The summed E-state index contributed by atoms with van der Waals surface area (Å²) in [5.41, 5.74) is 2.15. The highest BCUT2D eigenvalue weighted by Crippen LogP contribution is 2.28. The van der Waals surface area contributed by atoms with Crippen molar-refractivity contribution >= 4 is 28.2 Å². The van der Waals surface area contributed by atoms with Crippen LogP contribution in [0.25, 0.3) is 16.2 Å². The molecule has 4 rings (SSSR count). The highest BCUT2D eigenvalue weighted by molar-refractivity contribution is 7.15. The quantitative estimate of drug-likeness (QED) is 0.611. The molecule has 0 spiro atoms. The van der Waals surface area contributed by atoms with Gasteiger partial charge in [-0.25, -0.2) is 4.52 Å². The lowest BCUT2D eigenvalue weighted by molar-refractivity contribution is 0.102. The maximum Gasteiger partial charge on any atom is 0.276 e. The number of pyridine rings is 1. The summed E-state index contributed by atoms with van der Waals surface area (Å²) in [5, 5.41) is 9.02. The van der Waals surface area contributed by atoms with Crippen LogP contribution in [-0.4, -0.2) is 32.6 Å². The first kappa shape index (κ1) is 15.3. The SMILES string of the molecule is COc1cccc(-c2csc3nc(NC(=O)c4ccccn4)nn23)c1. The summed E-state index contributed by atoms with van der Waals surface area (Å²) in [5.74, 6) is 0.661. The third kappa shape index (κ3) is 2.94. The van der Waals surface area contributed by atoms with Crippen molar-refractivity contribution in [2.24, 2.45) is 0 Å². The molecule has 0 bridgehead atoms. The molecule has 0 saturated heterocycles. The summed E-state index contributed by atoms with van der Waals surface area (Å²) in [6.07, 6.45) is 1.56. The molecule has 0 aliphatic heterocycles. The highest BCUT2D eigenvalue weighted by Gasteiger charge is 2.15. The molecule has 3 heterocycles. The van der Waals surface area contributed by atoms with Crippen LogP contribution in [-0.2, 0) is 0 Å². The van der Waals surface area contributed by atoms with Crippen molar-refractivity contribution in [1.82, 2.24) is 19.6 Å². The number of methoxy groups -OCH3 is 1. The number of fused-ring (bicyclic) bond motifs is 1. The van der Waals surface area contributed by atoms with E-state index < -0.39 is 0 Å². The van der Waals surface area contributed by atoms with E-state index >= 15 is 0 Å². The van der Waals surface area contributed by atoms with Gasteiger partial charge in [-0.05, 0) is 24.3 Å². The van der Waals surface area contributed by atoms with Gasteiger partial charge in [0.2, 0.25) is 4.96 Å². The van der Waals surface area contributed by atoms with Gasteiger partial charge in [0.25, 0.3) is 11.9 Å². The number of ether oxygens (including phenoxy) is 1. The number of nitrogens with zero attached hydrogens (tertiary/aromatic N) is 4. The minimum absolute atomic E-state index is 0.242. The standard InChI is InChI=1S/C17H13N5O2S/c1-24-12-6-4-5-11(9-12)14-10-25-17-20-16(21-22(14)17)19-15(23)13-7-2-3-8-18-13/h2-10H,1H3,(H,19,21,23). The molecule has 0 unspecified atom stereocenters. The van der Waals surface area contributed by atoms with Crippen molar-refractivity contribution in [3.05, 3.63) is 59.7 Å². The van der Waals surface area contributed by atoms with E-state index in [0.717, 1.165) is 17.0 Å². The number of hydrogen-bond donors (Lipinski definition) is 1. The number of carbonyl (C=O) groups excluding carboxylic acids is 1. The number of aromatic nitrogens is 4. The lowest BCUT2D eigenvalue weighted by Crippen LogP contribution is -2.14. The molecule has 0 aliphatic carbocycles. The van der Waals surface area contributed by atoms with Crippen LogP contribution in [0.4, 0.5) is 5.95 Å². The Hall–Kier alpha value is -3.26. The van der Waals surface area contributed by atoms with Crippen molar-refractivity contribution in [3.8, 4) is 17.0 Å². The maximum atomic E-state index is 12.2. The molecule has 1 N–H and O–H groups in total. The summed E-state index contributed by atoms with van der Waals surface area (Å²) in [6.45, 7) is 0. The van der Waals surface area contributed by atoms with E-state index in [4.69, 9.17) is 4.74 Å². The number of benzene rings is 1. The smallest absolute Gasteiger partial charge is 0.276 e. The van der Waals surface area contributed by atoms with Crippen LogP contribution in [0.3, 0.4) is 0 Å². The normalized spacial score (nSPS) is 10.8. The van der Waals surface area contributed by atoms with Crippen LogP contribution in [0.2, 0.25) is 0 Å². The number of amides is 1. The molecule has 1 aromatic carbocycles. The molecule has 7 nitrogen and oxygen atoms in total. The third-order valence-corrected chi connectivity index (χ3v) is 4.39. The van der Waals surface area contributed by atoms with E-state index in [1.54, 1.807) is 36.0 Å². The Morgan fingerprint density at radius 3 is 2.96 bits per heavy atom. The Kier molecular flexibility index (Phi) is 3.87. The van der Waals surface area contributed by atoms with Gasteiger partial charge in [-0.1, -0.05) is 18.2 Å². The molecular formula is C17H13N5O2S. The average Bonchev–Trinajstić information content (AvgIpc) is 3.22. The van der Waals surface area contributed by atoms with Crippen LogP contribution in [0.15, 0.2) is 54.0 Å². The highest BCUT2D eigenvalue weighted by atomic mass is 32.1. The maximum absolute atomic E-state index is 12.2. The van der Waals surface area contributed by atoms with E-state index in [0.29, 0.717) is 10.7 Å². The van der Waals surface area contributed by atoms with Crippen molar-refractivity contribution in [3.63, 3.8) is 0 Å². The number of nitrogens with one attached hydrogen (secondary N) is 1. The second-order valence-corrected chi connectivity index (χ2v) is 5.99. The second kappa shape index (κ2) is 6.33. The monoisotopic (exact) mass is 351 g/mol. The molecule has 3 aromatic heterocycles. The lowest BCUT2D eigenvalue weighted by atomic mass is 10.2. The second-order valence-electron chi connectivity index (χ2n) is 5.15. The first-order valence-electron chi connectivity index (χ1n) is 7.45. The molecule has 0 atom stereocenters. The average molecular weight is 351 g/mol. The minimum Gasteiger partial charge on any atom is -0.497 e. The molecule has 0 saturated carbocycles. The number of thiazole rings is 1. The molecule has 25 heavy (non-hydrogen) atoms. The fraction of sp³-hybridized carbons (Fsp3) is 0.0588. The van der Waals surface area contributed by atoms with Gasteiger partial charge in [0.15, 0.2) is 0 Å². The topological polar surface area (TPSA) is 81.4 Å². The number of anilines is 1. The number of rotatable bonds is 4. The zero-order valence-electron chi connectivity index (χ0n) is 13.2. The van der Waals surface area contributed by atoms with E-state index in [9.17, 15) is 4.79 Å². The Morgan fingerprint density at radius 1 is 1.24 bits per heavy atom. The summed E-state index contributed by atoms with van der Waals surface area (Å²) >= 11 is 1.45. The number of carbonyl (C=O) groups is 1. The zero-order valence-corrected chi connectivity index (χ0v) is 14.0. The van der Waals surface area contributed by atoms with Crippen molar-refractivity contribution in [1.29, 1.82) is 0 Å². The van der Waals surface area contributed by atoms with Gasteiger partial charge in [-0.3, -0.25) is 15.1 Å². The van der Waals surface area contributed by atoms with Crippen LogP contribution >= 0.6 is 11.3 Å². The van der Waals surface area contributed by atoms with E-state index in [2.05, 4.69) is 20.4 Å². The van der Waals surface area contributed by atoms with Gasteiger partial charge in [0, 0.05) is 17.1 Å². The summed E-state index contributed by atoms with van der Waals surface area (Å²) in [7, 11) is 1.63. The molecule has 4 aromatic rings. The van der Waals surface area contributed by atoms with E-state index in [-0.39, 0.29) is 11.9 Å². The summed E-state index contributed by atoms with van der Waals surface area (Å²) < 4.78 is 6.97. The molecule has 0 aliphatic rings. The Morgan fingerprint density at radius 2 is 2.16 bits per heavy atom.